The van der Waals surface area contributed by atoms with E-state index >= 15 is 0 Å². The molecule has 1 N–H and O–H groups in total. The van der Waals surface area contributed by atoms with Crippen LogP contribution in [0.15, 0.2) is 6.07 Å². The maximum absolute atomic E-state index is 14.0. The Morgan fingerprint density at radius 2 is 2.15 bits per heavy atom. The van der Waals surface area contributed by atoms with Gasteiger partial charge >= 0.3 is 0 Å². The summed E-state index contributed by atoms with van der Waals surface area (Å²) in [6, 6.07) is 1.42. The van der Waals surface area contributed by atoms with Crippen LogP contribution in [0, 0.1) is 11.6 Å². The Morgan fingerprint density at radius 3 is 2.95 bits per heavy atom. The third-order valence-corrected chi connectivity index (χ3v) is 4.14. The number of pyridine rings is 1. The summed E-state index contributed by atoms with van der Waals surface area (Å²) in [6.45, 7) is 6.02. The van der Waals surface area contributed by atoms with Crippen LogP contribution in [0.2, 0.25) is 0 Å². The normalized spacial score (nSPS) is 22.9. The number of aromatic nitrogens is 1. The van der Waals surface area contributed by atoms with Crippen LogP contribution in [0.3, 0.4) is 0 Å². The summed E-state index contributed by atoms with van der Waals surface area (Å²) in [6.07, 6.45) is 2.36. The average molecular weight is 282 g/mol. The first-order valence-electron chi connectivity index (χ1n) is 7.28. The van der Waals surface area contributed by atoms with Crippen molar-refractivity contribution in [1.29, 1.82) is 0 Å². The molecule has 2 fully saturated rings. The summed E-state index contributed by atoms with van der Waals surface area (Å²) in [5, 5.41) is 2.84. The van der Waals surface area contributed by atoms with Gasteiger partial charge in [-0.3, -0.25) is 4.90 Å². The van der Waals surface area contributed by atoms with Gasteiger partial charge in [0, 0.05) is 38.3 Å². The van der Waals surface area contributed by atoms with E-state index in [-0.39, 0.29) is 11.6 Å². The number of fused-ring (bicyclic) bond motifs is 1. The summed E-state index contributed by atoms with van der Waals surface area (Å²) < 4.78 is 27.6. The minimum Gasteiger partial charge on any atom is -0.368 e. The highest BCUT2D eigenvalue weighted by Crippen LogP contribution is 2.27. The van der Waals surface area contributed by atoms with Crippen molar-refractivity contribution in [1.82, 2.24) is 9.88 Å². The van der Waals surface area contributed by atoms with Crippen LogP contribution in [-0.4, -0.2) is 48.6 Å². The van der Waals surface area contributed by atoms with Crippen LogP contribution in [-0.2, 0) is 0 Å². The molecule has 6 heteroatoms. The summed E-state index contributed by atoms with van der Waals surface area (Å²) in [5.41, 5.74) is 0. The van der Waals surface area contributed by atoms with E-state index in [1.54, 1.807) is 0 Å². The molecule has 0 bridgehead atoms. The van der Waals surface area contributed by atoms with E-state index < -0.39 is 11.6 Å². The standard InChI is InChI=1S/C14H20F2N4/c1-2-17-13-11(15)8-12(16)14(18-13)20-7-6-19-5-3-4-10(19)9-20/h8,10H,2-7,9H2,1H3,(H,17,18). The quantitative estimate of drug-likeness (QED) is 0.919. The van der Waals surface area contributed by atoms with E-state index in [2.05, 4.69) is 15.2 Å². The summed E-state index contributed by atoms with van der Waals surface area (Å²) in [4.78, 5) is 8.54. The van der Waals surface area contributed by atoms with E-state index in [0.29, 0.717) is 12.6 Å². The largest absolute Gasteiger partial charge is 0.368 e. The Balaban J connectivity index is 1.84. The van der Waals surface area contributed by atoms with E-state index in [1.165, 1.54) is 6.42 Å². The molecule has 20 heavy (non-hydrogen) atoms. The molecule has 2 saturated heterocycles. The third-order valence-electron chi connectivity index (χ3n) is 4.14. The van der Waals surface area contributed by atoms with E-state index in [9.17, 15) is 8.78 Å². The van der Waals surface area contributed by atoms with Gasteiger partial charge in [-0.05, 0) is 26.3 Å². The number of rotatable bonds is 3. The summed E-state index contributed by atoms with van der Waals surface area (Å²) >= 11 is 0. The van der Waals surface area contributed by atoms with Crippen molar-refractivity contribution in [2.24, 2.45) is 0 Å². The molecule has 2 aliphatic heterocycles. The Labute approximate surface area is 117 Å². The van der Waals surface area contributed by atoms with Crippen molar-refractivity contribution in [3.8, 4) is 0 Å². The summed E-state index contributed by atoms with van der Waals surface area (Å²) in [5.74, 6) is -0.796. The van der Waals surface area contributed by atoms with Crippen LogP contribution in [0.5, 0.6) is 0 Å². The molecule has 4 nitrogen and oxygen atoms in total. The van der Waals surface area contributed by atoms with Gasteiger partial charge in [0.05, 0.1) is 0 Å². The third kappa shape index (κ3) is 2.44. The fourth-order valence-corrected chi connectivity index (χ4v) is 3.15. The van der Waals surface area contributed by atoms with Gasteiger partial charge in [-0.15, -0.1) is 0 Å². The smallest absolute Gasteiger partial charge is 0.168 e. The molecule has 1 unspecified atom stereocenters. The number of halogens is 2. The van der Waals surface area contributed by atoms with E-state index in [4.69, 9.17) is 0 Å². The Morgan fingerprint density at radius 1 is 1.30 bits per heavy atom. The Hall–Kier alpha value is -1.43. The lowest BCUT2D eigenvalue weighted by Gasteiger charge is -2.38. The van der Waals surface area contributed by atoms with Gasteiger partial charge in [-0.2, -0.15) is 0 Å². The lowest BCUT2D eigenvalue weighted by Crippen LogP contribution is -2.50. The molecule has 3 rings (SSSR count). The molecule has 0 radical (unpaired) electrons. The second-order valence-electron chi connectivity index (χ2n) is 5.43. The molecule has 0 spiro atoms. The predicted octanol–water partition coefficient (Wildman–Crippen LogP) is 2.08. The molecule has 2 aliphatic rings. The zero-order valence-electron chi connectivity index (χ0n) is 11.7. The zero-order valence-corrected chi connectivity index (χ0v) is 11.7. The van der Waals surface area contributed by atoms with Crippen molar-refractivity contribution in [3.05, 3.63) is 17.7 Å². The molecule has 3 heterocycles. The lowest BCUT2D eigenvalue weighted by molar-refractivity contribution is 0.229. The number of piperazine rings is 1. The highest BCUT2D eigenvalue weighted by Gasteiger charge is 2.32. The summed E-state index contributed by atoms with van der Waals surface area (Å²) in [7, 11) is 0. The first-order valence-corrected chi connectivity index (χ1v) is 7.28. The molecule has 0 saturated carbocycles. The molecule has 0 aromatic carbocycles. The second kappa shape index (κ2) is 5.52. The maximum Gasteiger partial charge on any atom is 0.168 e. The molecular formula is C14H20F2N4. The minimum atomic E-state index is -0.632. The van der Waals surface area contributed by atoms with Crippen LogP contribution in [0.1, 0.15) is 19.8 Å². The van der Waals surface area contributed by atoms with Crippen LogP contribution in [0.4, 0.5) is 20.4 Å². The van der Waals surface area contributed by atoms with Crippen LogP contribution in [0.25, 0.3) is 0 Å². The van der Waals surface area contributed by atoms with Gasteiger partial charge in [0.25, 0.3) is 0 Å². The molecule has 1 aromatic heterocycles. The SMILES string of the molecule is CCNc1nc(N2CCN3CCCC3C2)c(F)cc1F. The molecule has 1 atom stereocenters. The van der Waals surface area contributed by atoms with Gasteiger partial charge in [0.2, 0.25) is 0 Å². The Bertz CT molecular complexity index is 494. The van der Waals surface area contributed by atoms with Crippen molar-refractivity contribution >= 4 is 11.6 Å². The van der Waals surface area contributed by atoms with Crippen molar-refractivity contribution in [2.75, 3.05) is 42.9 Å². The van der Waals surface area contributed by atoms with Gasteiger partial charge in [-0.25, -0.2) is 13.8 Å². The topological polar surface area (TPSA) is 31.4 Å². The lowest BCUT2D eigenvalue weighted by atomic mass is 10.1. The number of hydrogen-bond acceptors (Lipinski definition) is 4. The first kappa shape index (κ1) is 13.5. The highest BCUT2D eigenvalue weighted by atomic mass is 19.1. The minimum absolute atomic E-state index is 0.137. The molecule has 110 valence electrons. The van der Waals surface area contributed by atoms with Crippen molar-refractivity contribution < 1.29 is 8.78 Å². The van der Waals surface area contributed by atoms with Gasteiger partial charge in [-0.1, -0.05) is 0 Å². The molecule has 0 amide bonds. The second-order valence-corrected chi connectivity index (χ2v) is 5.43. The van der Waals surface area contributed by atoms with Crippen LogP contribution >= 0.6 is 0 Å². The zero-order chi connectivity index (χ0) is 14.1. The number of nitrogens with one attached hydrogen (secondary N) is 1. The van der Waals surface area contributed by atoms with Crippen LogP contribution < -0.4 is 10.2 Å². The van der Waals surface area contributed by atoms with Gasteiger partial charge in [0.15, 0.2) is 23.3 Å². The van der Waals surface area contributed by atoms with Crippen molar-refractivity contribution in [2.45, 2.75) is 25.8 Å². The van der Waals surface area contributed by atoms with Gasteiger partial charge < -0.3 is 10.2 Å². The Kier molecular flexibility index (Phi) is 3.74. The fraction of sp³-hybridized carbons (Fsp3) is 0.643. The average Bonchev–Trinajstić information content (AvgIpc) is 2.89. The van der Waals surface area contributed by atoms with Crippen molar-refractivity contribution in [3.63, 3.8) is 0 Å². The molecule has 0 aliphatic carbocycles. The van der Waals surface area contributed by atoms with E-state index in [1.807, 2.05) is 11.8 Å². The first-order chi connectivity index (χ1) is 9.69. The highest BCUT2D eigenvalue weighted by molar-refractivity contribution is 5.49. The van der Waals surface area contributed by atoms with Gasteiger partial charge in [0.1, 0.15) is 0 Å². The van der Waals surface area contributed by atoms with E-state index in [0.717, 1.165) is 38.7 Å². The fourth-order valence-electron chi connectivity index (χ4n) is 3.15. The number of nitrogens with zero attached hydrogens (tertiary/aromatic N) is 3. The molecular weight excluding hydrogens is 262 g/mol. The predicted molar refractivity (Wildman–Crippen MR) is 75.1 cm³/mol. The number of anilines is 2. The maximum atomic E-state index is 14.0. The number of hydrogen-bond donors (Lipinski definition) is 1. The molecule has 1 aromatic rings. The monoisotopic (exact) mass is 282 g/mol.